The molecular formula is C21H28N4O. The third kappa shape index (κ3) is 2.41. The number of nitrogens with two attached hydrogens (primary N) is 1. The normalized spacial score (nSPS) is 27.2. The van der Waals surface area contributed by atoms with Crippen LogP contribution in [0.4, 0.5) is 0 Å². The highest BCUT2D eigenvalue weighted by molar-refractivity contribution is 5.83. The number of benzene rings is 1. The fraction of sp³-hybridized carbons (Fsp3) is 0.524. The van der Waals surface area contributed by atoms with Crippen molar-refractivity contribution in [2.24, 2.45) is 22.5 Å². The largest absolute Gasteiger partial charge is 0.369 e. The highest BCUT2D eigenvalue weighted by atomic mass is 16.1. The zero-order valence-corrected chi connectivity index (χ0v) is 16.1. The molecule has 26 heavy (non-hydrogen) atoms. The highest BCUT2D eigenvalue weighted by Gasteiger charge is 2.65. The van der Waals surface area contributed by atoms with Gasteiger partial charge in [0.2, 0.25) is 5.91 Å². The minimum atomic E-state index is -0.333. The van der Waals surface area contributed by atoms with E-state index in [1.54, 1.807) is 0 Å². The van der Waals surface area contributed by atoms with E-state index >= 15 is 0 Å². The lowest BCUT2D eigenvalue weighted by Gasteiger charge is -2.54. The average Bonchev–Trinajstić information content (AvgIpc) is 3.06. The molecule has 1 saturated heterocycles. The lowest BCUT2D eigenvalue weighted by atomic mass is 9.48. The van der Waals surface area contributed by atoms with Gasteiger partial charge >= 0.3 is 0 Å². The lowest BCUT2D eigenvalue weighted by molar-refractivity contribution is -0.148. The maximum atomic E-state index is 12.2. The van der Waals surface area contributed by atoms with Crippen molar-refractivity contribution >= 4 is 5.91 Å². The standard InChI is InChI=1S/C21H28N4O/c1-14-17(15(2)25(23-14)16-8-6-5-7-9-16)10-24-11-18-20(3,4)12-21(18,13-24)19(22)26/h5-9,18H,10-13H2,1-4H3,(H2,22,26)/t18-,21+/m1/s1. The van der Waals surface area contributed by atoms with Gasteiger partial charge in [0.15, 0.2) is 0 Å². The minimum absolute atomic E-state index is 0.127. The van der Waals surface area contributed by atoms with E-state index in [9.17, 15) is 4.79 Å². The van der Waals surface area contributed by atoms with Crippen LogP contribution < -0.4 is 5.73 Å². The van der Waals surface area contributed by atoms with Crippen molar-refractivity contribution < 1.29 is 4.79 Å². The van der Waals surface area contributed by atoms with E-state index in [4.69, 9.17) is 10.8 Å². The van der Waals surface area contributed by atoms with Crippen molar-refractivity contribution in [2.75, 3.05) is 13.1 Å². The summed E-state index contributed by atoms with van der Waals surface area (Å²) in [7, 11) is 0. The van der Waals surface area contributed by atoms with Crippen LogP contribution in [0, 0.1) is 30.6 Å². The number of para-hydroxylation sites is 1. The molecule has 2 aliphatic rings. The van der Waals surface area contributed by atoms with E-state index in [1.807, 2.05) is 22.9 Å². The maximum Gasteiger partial charge on any atom is 0.225 e. The molecule has 0 bridgehead atoms. The lowest BCUT2D eigenvalue weighted by Crippen LogP contribution is -2.59. The summed E-state index contributed by atoms with van der Waals surface area (Å²) in [6.45, 7) is 11.2. The SMILES string of the molecule is Cc1nn(-c2ccccc2)c(C)c1CN1C[C@@H]2C(C)(C)C[C@]2(C(N)=O)C1. The highest BCUT2D eigenvalue weighted by Crippen LogP contribution is 2.62. The number of likely N-dealkylation sites (tertiary alicyclic amines) is 1. The fourth-order valence-electron chi connectivity index (χ4n) is 5.39. The first-order valence-corrected chi connectivity index (χ1v) is 9.37. The van der Waals surface area contributed by atoms with Gasteiger partial charge in [-0.05, 0) is 43.7 Å². The second-order valence-electron chi connectivity index (χ2n) is 8.80. The Balaban J connectivity index is 1.60. The summed E-state index contributed by atoms with van der Waals surface area (Å²) < 4.78 is 2.02. The fourth-order valence-corrected chi connectivity index (χ4v) is 5.39. The number of hydrogen-bond acceptors (Lipinski definition) is 3. The number of fused-ring (bicyclic) bond motifs is 1. The van der Waals surface area contributed by atoms with Crippen LogP contribution in [-0.2, 0) is 11.3 Å². The molecule has 1 aliphatic heterocycles. The molecule has 1 amide bonds. The zero-order valence-electron chi connectivity index (χ0n) is 16.1. The molecule has 1 aromatic carbocycles. The molecule has 1 saturated carbocycles. The van der Waals surface area contributed by atoms with Crippen LogP contribution in [0.2, 0.25) is 0 Å². The summed E-state index contributed by atoms with van der Waals surface area (Å²) in [5.74, 6) is 0.232. The Morgan fingerprint density at radius 1 is 1.27 bits per heavy atom. The van der Waals surface area contributed by atoms with Gasteiger partial charge in [-0.25, -0.2) is 4.68 Å². The van der Waals surface area contributed by atoms with Gasteiger partial charge in [-0.15, -0.1) is 0 Å². The summed E-state index contributed by atoms with van der Waals surface area (Å²) in [6, 6.07) is 10.2. The first-order chi connectivity index (χ1) is 12.2. The molecule has 4 rings (SSSR count). The molecule has 138 valence electrons. The summed E-state index contributed by atoms with van der Waals surface area (Å²) in [5, 5.41) is 4.76. The molecule has 0 spiro atoms. The van der Waals surface area contributed by atoms with Crippen LogP contribution >= 0.6 is 0 Å². The Bertz CT molecular complexity index is 854. The van der Waals surface area contributed by atoms with Crippen LogP contribution in [0.3, 0.4) is 0 Å². The second-order valence-corrected chi connectivity index (χ2v) is 8.80. The quantitative estimate of drug-likeness (QED) is 0.920. The predicted molar refractivity (Wildman–Crippen MR) is 102 cm³/mol. The maximum absolute atomic E-state index is 12.2. The molecule has 5 nitrogen and oxygen atoms in total. The Labute approximate surface area is 155 Å². The van der Waals surface area contributed by atoms with Gasteiger partial charge in [-0.2, -0.15) is 5.10 Å². The van der Waals surface area contributed by atoms with Gasteiger partial charge in [0.05, 0.1) is 16.8 Å². The van der Waals surface area contributed by atoms with E-state index in [0.29, 0.717) is 5.92 Å². The van der Waals surface area contributed by atoms with Gasteiger partial charge in [-0.3, -0.25) is 9.69 Å². The van der Waals surface area contributed by atoms with E-state index < -0.39 is 0 Å². The molecule has 0 radical (unpaired) electrons. The molecule has 1 aromatic heterocycles. The third-order valence-corrected chi connectivity index (χ3v) is 6.64. The van der Waals surface area contributed by atoms with Crippen LogP contribution in [0.1, 0.15) is 37.2 Å². The van der Waals surface area contributed by atoms with Crippen LogP contribution in [0.25, 0.3) is 5.69 Å². The van der Waals surface area contributed by atoms with E-state index in [0.717, 1.165) is 37.4 Å². The zero-order chi connectivity index (χ0) is 18.7. The van der Waals surface area contributed by atoms with Crippen molar-refractivity contribution in [2.45, 2.75) is 40.7 Å². The Morgan fingerprint density at radius 2 is 1.96 bits per heavy atom. The number of carbonyl (C=O) groups is 1. The van der Waals surface area contributed by atoms with Crippen molar-refractivity contribution in [1.82, 2.24) is 14.7 Å². The number of aromatic nitrogens is 2. The Kier molecular flexibility index (Phi) is 3.77. The van der Waals surface area contributed by atoms with Crippen LogP contribution in [0.5, 0.6) is 0 Å². The molecule has 2 N–H and O–H groups in total. The number of amides is 1. The minimum Gasteiger partial charge on any atom is -0.369 e. The number of aryl methyl sites for hydroxylation is 1. The first-order valence-electron chi connectivity index (χ1n) is 9.37. The monoisotopic (exact) mass is 352 g/mol. The Morgan fingerprint density at radius 3 is 2.54 bits per heavy atom. The topological polar surface area (TPSA) is 64.2 Å². The molecule has 2 heterocycles. The number of hydrogen-bond donors (Lipinski definition) is 1. The van der Waals surface area contributed by atoms with Crippen molar-refractivity contribution in [3.05, 3.63) is 47.3 Å². The number of nitrogens with zero attached hydrogens (tertiary/aromatic N) is 3. The molecule has 2 atom stereocenters. The summed E-state index contributed by atoms with van der Waals surface area (Å²) in [4.78, 5) is 14.6. The Hall–Kier alpha value is -2.14. The van der Waals surface area contributed by atoms with E-state index in [1.165, 1.54) is 11.3 Å². The van der Waals surface area contributed by atoms with E-state index in [-0.39, 0.29) is 16.7 Å². The van der Waals surface area contributed by atoms with E-state index in [2.05, 4.69) is 44.7 Å². The molecule has 1 aliphatic carbocycles. The molecule has 0 unspecified atom stereocenters. The first kappa shape index (κ1) is 17.3. The van der Waals surface area contributed by atoms with Crippen LogP contribution in [-0.4, -0.2) is 33.7 Å². The number of primary amides is 1. The summed E-state index contributed by atoms with van der Waals surface area (Å²) in [6.07, 6.45) is 0.901. The second kappa shape index (κ2) is 5.68. The van der Waals surface area contributed by atoms with Gasteiger partial charge in [0, 0.05) is 30.9 Å². The summed E-state index contributed by atoms with van der Waals surface area (Å²) in [5.41, 5.74) is 10.2. The molecule has 2 aromatic rings. The van der Waals surface area contributed by atoms with Crippen LogP contribution in [0.15, 0.2) is 30.3 Å². The van der Waals surface area contributed by atoms with Gasteiger partial charge in [-0.1, -0.05) is 32.0 Å². The molecular weight excluding hydrogens is 324 g/mol. The average molecular weight is 352 g/mol. The van der Waals surface area contributed by atoms with Crippen molar-refractivity contribution in [3.8, 4) is 5.69 Å². The number of rotatable bonds is 4. The van der Waals surface area contributed by atoms with Crippen molar-refractivity contribution in [3.63, 3.8) is 0 Å². The molecule has 2 fully saturated rings. The summed E-state index contributed by atoms with van der Waals surface area (Å²) >= 11 is 0. The smallest absolute Gasteiger partial charge is 0.225 e. The molecule has 5 heteroatoms. The third-order valence-electron chi connectivity index (χ3n) is 6.64. The van der Waals surface area contributed by atoms with Crippen molar-refractivity contribution in [1.29, 1.82) is 0 Å². The van der Waals surface area contributed by atoms with Gasteiger partial charge < -0.3 is 5.73 Å². The van der Waals surface area contributed by atoms with Gasteiger partial charge in [0.25, 0.3) is 0 Å². The number of carbonyl (C=O) groups excluding carboxylic acids is 1. The van der Waals surface area contributed by atoms with Gasteiger partial charge in [0.1, 0.15) is 0 Å². The predicted octanol–water partition coefficient (Wildman–Crippen LogP) is 2.82.